The summed E-state index contributed by atoms with van der Waals surface area (Å²) in [6.45, 7) is 2.38. The number of rotatable bonds is 1. The van der Waals surface area contributed by atoms with Crippen LogP contribution in [0, 0.1) is 5.92 Å². The summed E-state index contributed by atoms with van der Waals surface area (Å²) in [6.07, 6.45) is 1.25. The molecule has 0 aliphatic heterocycles. The second-order valence-corrected chi connectivity index (χ2v) is 6.43. The van der Waals surface area contributed by atoms with Gasteiger partial charge in [0.2, 0.25) is 0 Å². The van der Waals surface area contributed by atoms with Crippen LogP contribution < -0.4 is 0 Å². The first kappa shape index (κ1) is 17.0. The van der Waals surface area contributed by atoms with Gasteiger partial charge >= 0.3 is 118 Å². The Hall–Kier alpha value is -0.0969. The van der Waals surface area contributed by atoms with E-state index in [1.165, 1.54) is 17.5 Å². The van der Waals surface area contributed by atoms with E-state index < -0.39 is 0 Å². The van der Waals surface area contributed by atoms with E-state index in [2.05, 4.69) is 55.5 Å². The Morgan fingerprint density at radius 1 is 0.947 bits per heavy atom. The molecular formula is C16H17Cl2Zr. The van der Waals surface area contributed by atoms with Crippen LogP contribution in [0.25, 0.3) is 11.1 Å². The van der Waals surface area contributed by atoms with Crippen LogP contribution in [-0.4, -0.2) is 0 Å². The second-order valence-electron chi connectivity index (χ2n) is 4.90. The molecule has 0 radical (unpaired) electrons. The number of benzene rings is 2. The quantitative estimate of drug-likeness (QED) is 0.663. The third-order valence-electron chi connectivity index (χ3n) is 3.73. The monoisotopic (exact) mass is 369 g/mol. The average Bonchev–Trinajstić information content (AvgIpc) is 2.67. The number of hydrogen-bond donors (Lipinski definition) is 0. The number of fused-ring (bicyclic) bond motifs is 1. The molecule has 0 nitrogen and oxygen atoms in total. The van der Waals surface area contributed by atoms with Crippen molar-refractivity contribution < 1.29 is 24.7 Å². The van der Waals surface area contributed by atoms with Crippen LogP contribution in [0.4, 0.5) is 0 Å². The minimum Gasteiger partial charge on any atom is -0.147 e. The standard InChI is InChI=1S/C16H15.2ClH.Zr/c1-12-10-14-8-5-9-15(16(14)11-12)13-6-3-2-4-7-13;;;/h2-10,12H,11H2,1H3;2*1H;. The fourth-order valence-corrected chi connectivity index (χ4v) is 3.71. The van der Waals surface area contributed by atoms with Gasteiger partial charge < -0.3 is 0 Å². The zero-order chi connectivity index (χ0) is 11.8. The topological polar surface area (TPSA) is 0 Å². The van der Waals surface area contributed by atoms with Gasteiger partial charge in [-0.3, -0.25) is 0 Å². The van der Waals surface area contributed by atoms with Crippen LogP contribution in [0.5, 0.6) is 0 Å². The largest absolute Gasteiger partial charge is 0.147 e. The van der Waals surface area contributed by atoms with Crippen LogP contribution >= 0.6 is 24.8 Å². The predicted octanol–water partition coefficient (Wildman–Crippen LogP) is 4.98. The van der Waals surface area contributed by atoms with Gasteiger partial charge in [0.05, 0.1) is 0 Å². The van der Waals surface area contributed by atoms with Gasteiger partial charge in [-0.05, 0) is 0 Å². The fraction of sp³-hybridized carbons (Fsp3) is 0.250. The summed E-state index contributed by atoms with van der Waals surface area (Å²) in [5.41, 5.74) is 5.99. The van der Waals surface area contributed by atoms with E-state index in [9.17, 15) is 0 Å². The smallest absolute Gasteiger partial charge is 0.147 e. The fourth-order valence-electron chi connectivity index (χ4n) is 2.76. The van der Waals surface area contributed by atoms with E-state index in [0.29, 0.717) is 0 Å². The molecule has 0 amide bonds. The first-order valence-corrected chi connectivity index (χ1v) is 7.57. The summed E-state index contributed by atoms with van der Waals surface area (Å²) in [4.78, 5) is 0. The van der Waals surface area contributed by atoms with E-state index in [1.807, 2.05) is 0 Å². The summed E-state index contributed by atoms with van der Waals surface area (Å²) in [6, 6.07) is 17.6. The maximum atomic E-state index is 2.38. The number of halogens is 2. The normalized spacial score (nSPS) is 20.0. The van der Waals surface area contributed by atoms with Crippen molar-refractivity contribution in [2.75, 3.05) is 0 Å². The Balaban J connectivity index is 0.000000902. The molecule has 3 rings (SSSR count). The molecule has 0 spiro atoms. The Morgan fingerprint density at radius 2 is 1.63 bits per heavy atom. The molecule has 2 atom stereocenters. The maximum absolute atomic E-state index is 2.38. The van der Waals surface area contributed by atoms with E-state index in [-0.39, 0.29) is 24.8 Å². The molecule has 0 saturated heterocycles. The van der Waals surface area contributed by atoms with Crippen molar-refractivity contribution in [2.45, 2.75) is 17.0 Å². The third-order valence-corrected chi connectivity index (χ3v) is 5.89. The van der Waals surface area contributed by atoms with E-state index >= 15 is 0 Å². The molecule has 2 aromatic rings. The van der Waals surface area contributed by atoms with Gasteiger partial charge in [0.15, 0.2) is 0 Å². The number of hydrogen-bond acceptors (Lipinski definition) is 0. The molecule has 19 heavy (non-hydrogen) atoms. The summed E-state index contributed by atoms with van der Waals surface area (Å²) in [5.74, 6) is 0.813. The van der Waals surface area contributed by atoms with Crippen LogP contribution in [0.1, 0.15) is 21.7 Å². The molecule has 2 unspecified atom stereocenters. The van der Waals surface area contributed by atoms with Gasteiger partial charge in [0.25, 0.3) is 0 Å². The van der Waals surface area contributed by atoms with Crippen molar-refractivity contribution in [3.63, 3.8) is 0 Å². The first-order chi connectivity index (χ1) is 8.27. The van der Waals surface area contributed by atoms with Crippen LogP contribution in [0.3, 0.4) is 0 Å². The molecule has 0 N–H and O–H groups in total. The first-order valence-electron chi connectivity index (χ1n) is 6.15. The Morgan fingerprint density at radius 3 is 2.32 bits per heavy atom. The zero-order valence-corrected chi connectivity index (χ0v) is 14.9. The molecule has 1 aliphatic rings. The summed E-state index contributed by atoms with van der Waals surface area (Å²) >= 11 is 1.65. The van der Waals surface area contributed by atoms with Crippen molar-refractivity contribution in [1.82, 2.24) is 0 Å². The summed E-state index contributed by atoms with van der Waals surface area (Å²) < 4.78 is 0.792. The zero-order valence-electron chi connectivity index (χ0n) is 10.8. The average molecular weight is 371 g/mol. The molecule has 0 saturated carbocycles. The minimum atomic E-state index is 0. The molecule has 0 heterocycles. The summed E-state index contributed by atoms with van der Waals surface area (Å²) in [5, 5.41) is 0. The van der Waals surface area contributed by atoms with Crippen LogP contribution in [0.15, 0.2) is 48.5 Å². The van der Waals surface area contributed by atoms with Crippen LogP contribution in [-0.2, 0) is 31.1 Å². The van der Waals surface area contributed by atoms with Gasteiger partial charge in [-0.2, -0.15) is 0 Å². The van der Waals surface area contributed by atoms with Crippen molar-refractivity contribution in [3.8, 4) is 11.1 Å². The minimum absolute atomic E-state index is 0. The molecule has 1 aliphatic carbocycles. The molecule has 2 aromatic carbocycles. The van der Waals surface area contributed by atoms with E-state index in [4.69, 9.17) is 0 Å². The Labute approximate surface area is 142 Å². The Kier molecular flexibility index (Phi) is 6.31. The van der Waals surface area contributed by atoms with Gasteiger partial charge in [-0.25, -0.2) is 0 Å². The van der Waals surface area contributed by atoms with Crippen molar-refractivity contribution >= 4 is 24.8 Å². The van der Waals surface area contributed by atoms with E-state index in [0.717, 1.165) is 9.54 Å². The van der Waals surface area contributed by atoms with Gasteiger partial charge in [-0.15, -0.1) is 24.8 Å². The van der Waals surface area contributed by atoms with Crippen molar-refractivity contribution in [2.24, 2.45) is 5.92 Å². The van der Waals surface area contributed by atoms with Crippen molar-refractivity contribution in [3.05, 3.63) is 59.7 Å². The van der Waals surface area contributed by atoms with Crippen LogP contribution in [0.2, 0.25) is 0 Å². The van der Waals surface area contributed by atoms with Gasteiger partial charge in [-0.1, -0.05) is 0 Å². The van der Waals surface area contributed by atoms with Gasteiger partial charge in [0, 0.05) is 0 Å². The van der Waals surface area contributed by atoms with E-state index in [1.54, 1.807) is 35.8 Å². The second kappa shape index (κ2) is 7.07. The molecule has 0 aromatic heterocycles. The predicted molar refractivity (Wildman–Crippen MR) is 82.0 cm³/mol. The molecule has 99 valence electrons. The Bertz CT molecular complexity index is 540. The molecule has 0 bridgehead atoms. The molecule has 0 fully saturated rings. The third kappa shape index (κ3) is 3.15. The SMILES string of the molecule is CC1Cc2c(-c3ccccc3)cccc2[CH]1[Zr].Cl.Cl. The summed E-state index contributed by atoms with van der Waals surface area (Å²) in [7, 11) is 0. The molecule has 3 heteroatoms. The van der Waals surface area contributed by atoms with Crippen molar-refractivity contribution in [1.29, 1.82) is 0 Å². The maximum Gasteiger partial charge on any atom is -0.147 e. The van der Waals surface area contributed by atoms with Gasteiger partial charge in [0.1, 0.15) is 0 Å². The molecular weight excluding hydrogens is 354 g/mol.